The van der Waals surface area contributed by atoms with Gasteiger partial charge in [-0.05, 0) is 12.1 Å². The molecule has 0 radical (unpaired) electrons. The minimum atomic E-state index is -0.777. The Hall–Kier alpha value is -3.89. The normalized spacial score (nSPS) is 10.6. The molecule has 0 atom stereocenters. The zero-order valence-corrected chi connectivity index (χ0v) is 14.3. The van der Waals surface area contributed by atoms with E-state index in [4.69, 9.17) is 0 Å². The summed E-state index contributed by atoms with van der Waals surface area (Å²) in [7, 11) is 2.42. The fourth-order valence-corrected chi connectivity index (χ4v) is 2.44. The topological polar surface area (TPSA) is 148 Å². The molecule has 1 amide bonds. The number of rotatable bonds is 4. The van der Waals surface area contributed by atoms with Crippen LogP contribution >= 0.6 is 0 Å². The molecule has 2 aromatic heterocycles. The third-order valence-corrected chi connectivity index (χ3v) is 3.73. The summed E-state index contributed by atoms with van der Waals surface area (Å²) < 4.78 is 10.4. The summed E-state index contributed by atoms with van der Waals surface area (Å²) in [6.07, 6.45) is 0.577. The van der Waals surface area contributed by atoms with Gasteiger partial charge in [0.1, 0.15) is 11.3 Å². The Morgan fingerprint density at radius 3 is 2.74 bits per heavy atom. The number of nitrogens with one attached hydrogen (secondary N) is 2. The number of ether oxygens (including phenoxy) is 2. The number of anilines is 1. The highest BCUT2D eigenvalue weighted by atomic mass is 16.5. The maximum absolute atomic E-state index is 12.3. The molecule has 0 aliphatic heterocycles. The first-order valence-corrected chi connectivity index (χ1v) is 7.64. The third kappa shape index (κ3) is 3.56. The predicted molar refractivity (Wildman–Crippen MR) is 92.7 cm³/mol. The van der Waals surface area contributed by atoms with E-state index in [0.717, 1.165) is 0 Å². The van der Waals surface area contributed by atoms with Crippen LogP contribution in [0.1, 0.15) is 15.9 Å². The molecule has 11 heteroatoms. The molecule has 0 saturated heterocycles. The summed E-state index contributed by atoms with van der Waals surface area (Å²) in [5, 5.41) is 16.5. The van der Waals surface area contributed by atoms with Crippen LogP contribution in [-0.4, -0.2) is 51.1 Å². The molecule has 3 rings (SSSR count). The minimum Gasteiger partial charge on any atom is -0.508 e. The zero-order valence-electron chi connectivity index (χ0n) is 14.3. The number of benzene rings is 1. The van der Waals surface area contributed by atoms with Gasteiger partial charge in [0, 0.05) is 5.56 Å². The number of aromatic nitrogens is 4. The lowest BCUT2D eigenvalue weighted by atomic mass is 10.1. The van der Waals surface area contributed by atoms with Crippen LogP contribution in [0.25, 0.3) is 11.0 Å². The molecule has 0 spiro atoms. The van der Waals surface area contributed by atoms with E-state index in [9.17, 15) is 19.5 Å². The Balaban J connectivity index is 1.93. The first-order valence-electron chi connectivity index (χ1n) is 7.64. The van der Waals surface area contributed by atoms with E-state index < -0.39 is 17.6 Å². The molecule has 140 valence electrons. The number of fused-ring (bicyclic) bond motifs is 1. The van der Waals surface area contributed by atoms with Gasteiger partial charge in [-0.25, -0.2) is 14.6 Å². The highest BCUT2D eigenvalue weighted by Crippen LogP contribution is 2.21. The lowest BCUT2D eigenvalue weighted by molar-refractivity contribution is 0.0600. The fraction of sp³-hybridized carbons (Fsp3) is 0.188. The van der Waals surface area contributed by atoms with Gasteiger partial charge in [0.25, 0.3) is 5.56 Å². The van der Waals surface area contributed by atoms with Gasteiger partial charge in [-0.2, -0.15) is 5.10 Å². The average molecular weight is 373 g/mol. The van der Waals surface area contributed by atoms with Crippen LogP contribution in [0, 0.1) is 0 Å². The smallest absolute Gasteiger partial charge is 0.413 e. The molecular weight excluding hydrogens is 358 g/mol. The predicted octanol–water partition coefficient (Wildman–Crippen LogP) is 0.838. The van der Waals surface area contributed by atoms with Crippen LogP contribution in [0.4, 0.5) is 10.7 Å². The minimum absolute atomic E-state index is 0.0608. The Morgan fingerprint density at radius 1 is 1.30 bits per heavy atom. The van der Waals surface area contributed by atoms with Gasteiger partial charge in [0.15, 0.2) is 5.52 Å². The number of nitrogens with zero attached hydrogens (tertiary/aromatic N) is 3. The lowest BCUT2D eigenvalue weighted by Crippen LogP contribution is -2.19. The van der Waals surface area contributed by atoms with Gasteiger partial charge in [-0.3, -0.25) is 19.8 Å². The van der Waals surface area contributed by atoms with Gasteiger partial charge >= 0.3 is 12.1 Å². The van der Waals surface area contributed by atoms with E-state index in [2.05, 4.69) is 29.9 Å². The highest BCUT2D eigenvalue weighted by Gasteiger charge is 2.15. The van der Waals surface area contributed by atoms with E-state index in [1.54, 1.807) is 0 Å². The number of esters is 1. The second-order valence-electron chi connectivity index (χ2n) is 5.40. The van der Waals surface area contributed by atoms with Crippen molar-refractivity contribution in [1.29, 1.82) is 0 Å². The number of aromatic amines is 1. The van der Waals surface area contributed by atoms with Crippen LogP contribution in [0.3, 0.4) is 0 Å². The highest BCUT2D eigenvalue weighted by molar-refractivity contribution is 5.90. The fourth-order valence-electron chi connectivity index (χ4n) is 2.44. The molecule has 2 heterocycles. The Kier molecular flexibility index (Phi) is 4.75. The standard InChI is InChI=1S/C16H15N5O6/c1-26-14(24)8-3-4-9(11(22)5-8)7-21-12-10(6-17-21)18-15(19-13(12)23)20-16(25)27-2/h3-6,22H,7H2,1-2H3,(H2,18,19,20,23,25). The molecule has 11 nitrogen and oxygen atoms in total. The Labute approximate surface area is 151 Å². The number of phenolic OH excluding ortho intramolecular Hbond substituents is 1. The molecule has 0 fully saturated rings. The molecule has 0 bridgehead atoms. The van der Waals surface area contributed by atoms with Crippen LogP contribution in [0.15, 0.2) is 29.2 Å². The number of phenols is 1. The Bertz CT molecular complexity index is 1090. The molecule has 0 aliphatic carbocycles. The van der Waals surface area contributed by atoms with Crippen molar-refractivity contribution in [2.75, 3.05) is 19.5 Å². The molecule has 0 unspecified atom stereocenters. The van der Waals surface area contributed by atoms with E-state index in [1.807, 2.05) is 0 Å². The zero-order chi connectivity index (χ0) is 19.6. The second-order valence-corrected chi connectivity index (χ2v) is 5.40. The molecule has 0 aliphatic rings. The summed E-state index contributed by atoms with van der Waals surface area (Å²) in [5.41, 5.74) is 0.498. The monoisotopic (exact) mass is 373 g/mol. The van der Waals surface area contributed by atoms with Gasteiger partial charge in [-0.1, -0.05) is 6.07 Å². The summed E-state index contributed by atoms with van der Waals surface area (Å²) >= 11 is 0. The molecular formula is C16H15N5O6. The SMILES string of the molecule is COC(=O)Nc1nc2cnn(Cc3ccc(C(=O)OC)cc3O)c2c(=O)[nH]1. The maximum atomic E-state index is 12.3. The summed E-state index contributed by atoms with van der Waals surface area (Å²) in [5.74, 6) is -0.799. The third-order valence-electron chi connectivity index (χ3n) is 3.73. The number of methoxy groups -OCH3 is 2. The van der Waals surface area contributed by atoms with Crippen LogP contribution in [-0.2, 0) is 16.0 Å². The van der Waals surface area contributed by atoms with Gasteiger partial charge in [0.05, 0.1) is 32.5 Å². The van der Waals surface area contributed by atoms with Gasteiger partial charge in [-0.15, -0.1) is 0 Å². The van der Waals surface area contributed by atoms with Crippen LogP contribution in [0.5, 0.6) is 5.75 Å². The van der Waals surface area contributed by atoms with E-state index >= 15 is 0 Å². The first kappa shape index (κ1) is 17.9. The molecule has 3 aromatic rings. The molecule has 3 N–H and O–H groups in total. The second kappa shape index (κ2) is 7.15. The first-order chi connectivity index (χ1) is 12.9. The number of carbonyl (C=O) groups excluding carboxylic acids is 2. The summed E-state index contributed by atoms with van der Waals surface area (Å²) in [4.78, 5) is 41.6. The average Bonchev–Trinajstić information content (AvgIpc) is 3.05. The number of amides is 1. The van der Waals surface area contributed by atoms with Crippen molar-refractivity contribution in [2.45, 2.75) is 6.54 Å². The number of hydrogen-bond acceptors (Lipinski definition) is 8. The van der Waals surface area contributed by atoms with Gasteiger partial charge in [0.2, 0.25) is 5.95 Å². The van der Waals surface area contributed by atoms with Crippen molar-refractivity contribution in [3.8, 4) is 5.75 Å². The van der Waals surface area contributed by atoms with Crippen molar-refractivity contribution in [1.82, 2.24) is 19.7 Å². The molecule has 1 aromatic carbocycles. The largest absolute Gasteiger partial charge is 0.508 e. The lowest BCUT2D eigenvalue weighted by Gasteiger charge is -2.08. The number of aromatic hydroxyl groups is 1. The summed E-state index contributed by atoms with van der Waals surface area (Å²) in [6.45, 7) is 0.0608. The van der Waals surface area contributed by atoms with E-state index in [-0.39, 0.29) is 34.8 Å². The van der Waals surface area contributed by atoms with Crippen molar-refractivity contribution in [3.05, 3.63) is 45.9 Å². The molecule has 0 saturated carbocycles. The van der Waals surface area contributed by atoms with E-state index in [0.29, 0.717) is 5.56 Å². The quantitative estimate of drug-likeness (QED) is 0.570. The van der Waals surface area contributed by atoms with Crippen LogP contribution < -0.4 is 10.9 Å². The number of hydrogen-bond donors (Lipinski definition) is 3. The number of carbonyl (C=O) groups is 2. The number of H-pyrrole nitrogens is 1. The molecule has 27 heavy (non-hydrogen) atoms. The van der Waals surface area contributed by atoms with Crippen molar-refractivity contribution in [3.63, 3.8) is 0 Å². The van der Waals surface area contributed by atoms with E-state index in [1.165, 1.54) is 43.3 Å². The Morgan fingerprint density at radius 2 is 2.07 bits per heavy atom. The van der Waals surface area contributed by atoms with Crippen molar-refractivity contribution in [2.24, 2.45) is 0 Å². The van der Waals surface area contributed by atoms with Gasteiger partial charge < -0.3 is 14.6 Å². The van der Waals surface area contributed by atoms with Crippen molar-refractivity contribution < 1.29 is 24.2 Å². The maximum Gasteiger partial charge on any atom is 0.413 e. The van der Waals surface area contributed by atoms with Crippen molar-refractivity contribution >= 4 is 29.0 Å². The summed E-state index contributed by atoms with van der Waals surface area (Å²) in [6, 6.07) is 4.30. The van der Waals surface area contributed by atoms with Crippen LogP contribution in [0.2, 0.25) is 0 Å².